The van der Waals surface area contributed by atoms with Crippen molar-refractivity contribution in [2.45, 2.75) is 39.4 Å². The predicted octanol–water partition coefficient (Wildman–Crippen LogP) is 2.36. The Balaban J connectivity index is 2.06. The lowest BCUT2D eigenvalue weighted by Gasteiger charge is -2.19. The van der Waals surface area contributed by atoms with E-state index >= 15 is 0 Å². The second-order valence-corrected chi connectivity index (χ2v) is 5.90. The van der Waals surface area contributed by atoms with Gasteiger partial charge in [0.05, 0.1) is 20.2 Å². The number of hydrogen-bond acceptors (Lipinski definition) is 4. The van der Waals surface area contributed by atoms with Crippen LogP contribution in [0.1, 0.15) is 32.2 Å². The van der Waals surface area contributed by atoms with Crippen molar-refractivity contribution < 1.29 is 9.13 Å². The molecule has 0 atom stereocenters. The first-order valence-electron chi connectivity index (χ1n) is 6.84. The molecule has 21 heavy (non-hydrogen) atoms. The van der Waals surface area contributed by atoms with Crippen LogP contribution in [0.25, 0.3) is 0 Å². The molecular weight excluding hydrogens is 271 g/mol. The third-order valence-electron chi connectivity index (χ3n) is 2.96. The average Bonchev–Trinajstić information content (AvgIpc) is 2.86. The minimum absolute atomic E-state index is 0.00433. The number of hydrogen-bond donors (Lipinski definition) is 1. The van der Waals surface area contributed by atoms with Gasteiger partial charge in [0.1, 0.15) is 6.33 Å². The Hall–Kier alpha value is -1.95. The van der Waals surface area contributed by atoms with Gasteiger partial charge in [-0.05, 0) is 26.8 Å². The van der Waals surface area contributed by atoms with Gasteiger partial charge >= 0.3 is 0 Å². The molecule has 0 radical (unpaired) electrons. The molecule has 0 unspecified atom stereocenters. The summed E-state index contributed by atoms with van der Waals surface area (Å²) in [4.78, 5) is 4.22. The van der Waals surface area contributed by atoms with Gasteiger partial charge in [-0.25, -0.2) is 14.1 Å². The Morgan fingerprint density at radius 2 is 2.10 bits per heavy atom. The molecule has 0 aliphatic rings. The Morgan fingerprint density at radius 3 is 2.76 bits per heavy atom. The Bertz CT molecular complexity index is 604. The van der Waals surface area contributed by atoms with Crippen molar-refractivity contribution in [3.8, 4) is 5.75 Å². The van der Waals surface area contributed by atoms with Crippen LogP contribution >= 0.6 is 0 Å². The molecule has 114 valence electrons. The molecule has 0 bridgehead atoms. The van der Waals surface area contributed by atoms with Crippen LogP contribution in [0.2, 0.25) is 0 Å². The number of aromatic nitrogens is 3. The van der Waals surface area contributed by atoms with Crippen molar-refractivity contribution in [3.63, 3.8) is 0 Å². The zero-order valence-electron chi connectivity index (χ0n) is 12.9. The highest BCUT2D eigenvalue weighted by atomic mass is 19.1. The summed E-state index contributed by atoms with van der Waals surface area (Å²) in [7, 11) is 1.45. The Kier molecular flexibility index (Phi) is 4.57. The number of methoxy groups -OCH3 is 1. The molecule has 1 N–H and O–H groups in total. The fourth-order valence-electron chi connectivity index (χ4n) is 1.85. The molecular formula is C15H21FN4O. The van der Waals surface area contributed by atoms with E-state index in [9.17, 15) is 4.39 Å². The summed E-state index contributed by atoms with van der Waals surface area (Å²) in [5, 5.41) is 7.65. The lowest BCUT2D eigenvalue weighted by atomic mass is 10.1. The highest BCUT2D eigenvalue weighted by Gasteiger charge is 2.12. The van der Waals surface area contributed by atoms with E-state index in [2.05, 4.69) is 36.2 Å². The normalized spacial score (nSPS) is 11.7. The van der Waals surface area contributed by atoms with Crippen molar-refractivity contribution in [2.75, 3.05) is 7.11 Å². The van der Waals surface area contributed by atoms with E-state index in [1.165, 1.54) is 7.11 Å². The van der Waals surface area contributed by atoms with Crippen molar-refractivity contribution >= 4 is 0 Å². The van der Waals surface area contributed by atoms with Crippen LogP contribution in [0, 0.1) is 5.82 Å². The molecule has 1 aromatic heterocycles. The van der Waals surface area contributed by atoms with Crippen LogP contribution in [0.4, 0.5) is 4.39 Å². The van der Waals surface area contributed by atoms with Crippen molar-refractivity contribution in [1.29, 1.82) is 0 Å². The summed E-state index contributed by atoms with van der Waals surface area (Å²) < 4.78 is 20.7. The highest BCUT2D eigenvalue weighted by molar-refractivity contribution is 5.31. The lowest BCUT2D eigenvalue weighted by molar-refractivity contribution is 0.383. The summed E-state index contributed by atoms with van der Waals surface area (Å²) in [6, 6.07) is 5.07. The molecule has 0 aliphatic carbocycles. The van der Waals surface area contributed by atoms with Crippen LogP contribution in [0.5, 0.6) is 5.75 Å². The lowest BCUT2D eigenvalue weighted by Crippen LogP contribution is -2.35. The highest BCUT2D eigenvalue weighted by Crippen LogP contribution is 2.20. The third kappa shape index (κ3) is 4.26. The Labute approximate surface area is 124 Å². The molecule has 5 nitrogen and oxygen atoms in total. The van der Waals surface area contributed by atoms with Gasteiger partial charge in [0.25, 0.3) is 0 Å². The fourth-order valence-corrected chi connectivity index (χ4v) is 1.85. The quantitative estimate of drug-likeness (QED) is 0.919. The molecule has 2 rings (SSSR count). The smallest absolute Gasteiger partial charge is 0.170 e. The summed E-state index contributed by atoms with van der Waals surface area (Å²) >= 11 is 0. The van der Waals surface area contributed by atoms with Crippen LogP contribution in [-0.2, 0) is 13.1 Å². The fraction of sp³-hybridized carbons (Fsp3) is 0.467. The van der Waals surface area contributed by atoms with Crippen LogP contribution in [0.15, 0.2) is 24.5 Å². The van der Waals surface area contributed by atoms with Crippen LogP contribution < -0.4 is 10.1 Å². The van der Waals surface area contributed by atoms with Gasteiger partial charge in [-0.1, -0.05) is 12.1 Å². The average molecular weight is 292 g/mol. The van der Waals surface area contributed by atoms with E-state index < -0.39 is 0 Å². The zero-order valence-corrected chi connectivity index (χ0v) is 12.9. The molecule has 0 amide bonds. The van der Waals surface area contributed by atoms with Crippen molar-refractivity contribution in [1.82, 2.24) is 20.1 Å². The largest absolute Gasteiger partial charge is 0.494 e. The topological polar surface area (TPSA) is 52.0 Å². The monoisotopic (exact) mass is 292 g/mol. The van der Waals surface area contributed by atoms with E-state index in [1.807, 2.05) is 0 Å². The summed E-state index contributed by atoms with van der Waals surface area (Å²) in [5.74, 6) is 0.570. The maximum Gasteiger partial charge on any atom is 0.170 e. The first-order chi connectivity index (χ1) is 9.89. The Morgan fingerprint density at radius 1 is 1.33 bits per heavy atom. The maximum atomic E-state index is 14.1. The van der Waals surface area contributed by atoms with E-state index in [-0.39, 0.29) is 17.1 Å². The molecule has 0 aliphatic heterocycles. The maximum absolute atomic E-state index is 14.1. The molecule has 6 heteroatoms. The van der Waals surface area contributed by atoms with Gasteiger partial charge in [0.15, 0.2) is 17.4 Å². The van der Waals surface area contributed by atoms with Gasteiger partial charge in [0, 0.05) is 11.1 Å². The van der Waals surface area contributed by atoms with E-state index in [0.29, 0.717) is 24.5 Å². The summed E-state index contributed by atoms with van der Waals surface area (Å²) in [6.45, 7) is 7.14. The van der Waals surface area contributed by atoms with Gasteiger partial charge in [-0.3, -0.25) is 0 Å². The minimum Gasteiger partial charge on any atom is -0.494 e. The van der Waals surface area contributed by atoms with Crippen molar-refractivity contribution in [3.05, 3.63) is 41.7 Å². The van der Waals surface area contributed by atoms with Gasteiger partial charge < -0.3 is 10.1 Å². The van der Waals surface area contributed by atoms with Gasteiger partial charge in [-0.15, -0.1) is 0 Å². The SMILES string of the molecule is COc1cccc(Cn2cnc(CNC(C)(C)C)n2)c1F. The molecule has 0 saturated carbocycles. The van der Waals surface area contributed by atoms with Gasteiger partial charge in [-0.2, -0.15) is 5.10 Å². The zero-order chi connectivity index (χ0) is 15.5. The standard InChI is InChI=1S/C15H21FN4O/c1-15(2,3)18-8-13-17-10-20(19-13)9-11-6-5-7-12(21-4)14(11)16/h5-7,10,18H,8-9H2,1-4H3. The number of rotatable bonds is 5. The molecule has 0 spiro atoms. The molecule has 0 fully saturated rings. The van der Waals surface area contributed by atoms with E-state index in [1.54, 1.807) is 29.2 Å². The second kappa shape index (κ2) is 6.22. The van der Waals surface area contributed by atoms with E-state index in [4.69, 9.17) is 4.74 Å². The molecule has 0 saturated heterocycles. The number of halogens is 1. The van der Waals surface area contributed by atoms with E-state index in [0.717, 1.165) is 0 Å². The number of benzene rings is 1. The molecule has 1 heterocycles. The number of ether oxygens (including phenoxy) is 1. The number of nitrogens with one attached hydrogen (secondary N) is 1. The summed E-state index contributed by atoms with van der Waals surface area (Å²) in [6.07, 6.45) is 1.61. The predicted molar refractivity (Wildman–Crippen MR) is 78.7 cm³/mol. The third-order valence-corrected chi connectivity index (χ3v) is 2.96. The molecule has 1 aromatic carbocycles. The van der Waals surface area contributed by atoms with Gasteiger partial charge in [0.2, 0.25) is 0 Å². The first kappa shape index (κ1) is 15.4. The van der Waals surface area contributed by atoms with Crippen molar-refractivity contribution in [2.24, 2.45) is 0 Å². The second-order valence-electron chi connectivity index (χ2n) is 5.90. The number of nitrogens with zero attached hydrogens (tertiary/aromatic N) is 3. The summed E-state index contributed by atoms with van der Waals surface area (Å²) in [5.41, 5.74) is 0.527. The molecule has 2 aromatic rings. The minimum atomic E-state index is -0.357. The van der Waals surface area contributed by atoms with Crippen LogP contribution in [0.3, 0.4) is 0 Å². The van der Waals surface area contributed by atoms with Crippen LogP contribution in [-0.4, -0.2) is 27.4 Å². The first-order valence-corrected chi connectivity index (χ1v) is 6.84.